The molecule has 0 aliphatic heterocycles. The Labute approximate surface area is 104 Å². The monoisotopic (exact) mass is 234 g/mol. The van der Waals surface area contributed by atoms with E-state index in [0.717, 1.165) is 37.4 Å². The minimum Gasteiger partial charge on any atom is -0.494 e. The number of rotatable bonds is 9. The fourth-order valence-corrected chi connectivity index (χ4v) is 1.59. The molecular weight excluding hydrogens is 212 g/mol. The first-order valence-electron chi connectivity index (χ1n) is 6.21. The Morgan fingerprint density at radius 2 is 1.65 bits per heavy atom. The summed E-state index contributed by atoms with van der Waals surface area (Å²) < 4.78 is 10.6. The normalized spacial score (nSPS) is 10.2. The Bertz CT molecular complexity index is 303. The molecule has 1 rings (SSSR count). The predicted molar refractivity (Wildman–Crippen MR) is 72.4 cm³/mol. The van der Waals surface area contributed by atoms with E-state index in [-0.39, 0.29) is 0 Å². The number of benzene rings is 1. The van der Waals surface area contributed by atoms with Crippen molar-refractivity contribution in [1.29, 1.82) is 0 Å². The summed E-state index contributed by atoms with van der Waals surface area (Å²) in [6.45, 7) is 5.38. The van der Waals surface area contributed by atoms with E-state index in [1.54, 1.807) is 7.11 Å². The molecule has 0 heterocycles. The van der Waals surface area contributed by atoms with Crippen molar-refractivity contribution in [3.05, 3.63) is 36.4 Å². The fraction of sp³-hybridized carbons (Fsp3) is 0.467. The number of hydrogen-bond donors (Lipinski definition) is 0. The summed E-state index contributed by atoms with van der Waals surface area (Å²) in [6.07, 6.45) is 6.50. The summed E-state index contributed by atoms with van der Waals surface area (Å²) in [6, 6.07) is 8.01. The third-order valence-corrected chi connectivity index (χ3v) is 2.63. The molecule has 0 saturated carbocycles. The van der Waals surface area contributed by atoms with Crippen LogP contribution in [0.15, 0.2) is 30.8 Å². The van der Waals surface area contributed by atoms with E-state index in [1.165, 1.54) is 12.8 Å². The number of unbranched alkanes of at least 4 members (excludes halogenated alkanes) is 3. The Balaban J connectivity index is 2.07. The topological polar surface area (TPSA) is 18.5 Å². The van der Waals surface area contributed by atoms with Gasteiger partial charge >= 0.3 is 0 Å². The molecule has 94 valence electrons. The van der Waals surface area contributed by atoms with Crippen molar-refractivity contribution in [1.82, 2.24) is 0 Å². The molecule has 0 unspecified atom stereocenters. The van der Waals surface area contributed by atoms with E-state index in [2.05, 4.69) is 6.58 Å². The highest BCUT2D eigenvalue weighted by atomic mass is 16.5. The number of hydrogen-bond acceptors (Lipinski definition) is 2. The van der Waals surface area contributed by atoms with Gasteiger partial charge in [0.2, 0.25) is 0 Å². The quantitative estimate of drug-likeness (QED) is 0.603. The molecule has 0 N–H and O–H groups in total. The lowest BCUT2D eigenvalue weighted by Crippen LogP contribution is -1.97. The largest absolute Gasteiger partial charge is 0.494 e. The van der Waals surface area contributed by atoms with Gasteiger partial charge in [-0.2, -0.15) is 0 Å². The summed E-state index contributed by atoms with van der Waals surface area (Å²) in [5.41, 5.74) is 1.12. The van der Waals surface area contributed by atoms with Gasteiger partial charge in [-0.15, -0.1) is 0 Å². The van der Waals surface area contributed by atoms with Crippen molar-refractivity contribution >= 4 is 6.08 Å². The van der Waals surface area contributed by atoms with Gasteiger partial charge in [-0.1, -0.05) is 31.2 Å². The molecule has 1 aromatic carbocycles. The first-order valence-corrected chi connectivity index (χ1v) is 6.21. The van der Waals surface area contributed by atoms with Gasteiger partial charge in [0.05, 0.1) is 6.61 Å². The molecule has 0 radical (unpaired) electrons. The van der Waals surface area contributed by atoms with Crippen LogP contribution in [0.25, 0.3) is 6.08 Å². The first-order chi connectivity index (χ1) is 8.36. The first kappa shape index (κ1) is 13.8. The molecule has 0 spiro atoms. The molecule has 0 aromatic heterocycles. The average molecular weight is 234 g/mol. The van der Waals surface area contributed by atoms with Crippen LogP contribution in [0.1, 0.15) is 31.2 Å². The van der Waals surface area contributed by atoms with Gasteiger partial charge in [-0.05, 0) is 37.0 Å². The highest BCUT2D eigenvalue weighted by Gasteiger charge is 1.94. The lowest BCUT2D eigenvalue weighted by Gasteiger charge is -2.06. The minimum atomic E-state index is 0.792. The molecule has 0 fully saturated rings. The highest BCUT2D eigenvalue weighted by molar-refractivity contribution is 5.48. The van der Waals surface area contributed by atoms with Gasteiger partial charge in [0.25, 0.3) is 0 Å². The maximum absolute atomic E-state index is 5.65. The van der Waals surface area contributed by atoms with Crippen LogP contribution in [-0.2, 0) is 4.74 Å². The van der Waals surface area contributed by atoms with Crippen LogP contribution >= 0.6 is 0 Å². The second kappa shape index (κ2) is 8.82. The summed E-state index contributed by atoms with van der Waals surface area (Å²) in [7, 11) is 1.75. The smallest absolute Gasteiger partial charge is 0.119 e. The maximum atomic E-state index is 5.65. The second-order valence-electron chi connectivity index (χ2n) is 4.03. The second-order valence-corrected chi connectivity index (χ2v) is 4.03. The summed E-state index contributed by atoms with van der Waals surface area (Å²) in [5, 5.41) is 0. The van der Waals surface area contributed by atoms with Gasteiger partial charge < -0.3 is 9.47 Å². The molecule has 0 amide bonds. The van der Waals surface area contributed by atoms with Gasteiger partial charge in [-0.3, -0.25) is 0 Å². The Kier molecular flexibility index (Phi) is 7.15. The van der Waals surface area contributed by atoms with Gasteiger partial charge in [-0.25, -0.2) is 0 Å². The van der Waals surface area contributed by atoms with Crippen LogP contribution in [0.4, 0.5) is 0 Å². The molecule has 2 heteroatoms. The van der Waals surface area contributed by atoms with Crippen LogP contribution < -0.4 is 4.74 Å². The Morgan fingerprint density at radius 3 is 2.24 bits per heavy atom. The maximum Gasteiger partial charge on any atom is 0.119 e. The molecule has 17 heavy (non-hydrogen) atoms. The van der Waals surface area contributed by atoms with Crippen LogP contribution in [0.2, 0.25) is 0 Å². The third kappa shape index (κ3) is 6.12. The van der Waals surface area contributed by atoms with Crippen molar-refractivity contribution in [2.45, 2.75) is 25.7 Å². The molecule has 0 aliphatic rings. The standard InChI is InChI=1S/C15H22O2/c1-3-14-8-10-15(11-9-14)17-13-7-5-4-6-12-16-2/h3,8-11H,1,4-7,12-13H2,2H3. The van der Waals surface area contributed by atoms with Crippen molar-refractivity contribution in [3.63, 3.8) is 0 Å². The zero-order valence-corrected chi connectivity index (χ0v) is 10.7. The summed E-state index contributed by atoms with van der Waals surface area (Å²) >= 11 is 0. The fourth-order valence-electron chi connectivity index (χ4n) is 1.59. The van der Waals surface area contributed by atoms with Gasteiger partial charge in [0, 0.05) is 13.7 Å². The lowest BCUT2D eigenvalue weighted by atomic mass is 10.2. The zero-order valence-electron chi connectivity index (χ0n) is 10.7. The molecule has 1 aromatic rings. The van der Waals surface area contributed by atoms with E-state index >= 15 is 0 Å². The summed E-state index contributed by atoms with van der Waals surface area (Å²) in [5.74, 6) is 0.937. The van der Waals surface area contributed by atoms with Crippen LogP contribution in [-0.4, -0.2) is 20.3 Å². The van der Waals surface area contributed by atoms with E-state index in [0.29, 0.717) is 0 Å². The highest BCUT2D eigenvalue weighted by Crippen LogP contribution is 2.13. The molecule has 0 saturated heterocycles. The SMILES string of the molecule is C=Cc1ccc(OCCCCCCOC)cc1. The Morgan fingerprint density at radius 1 is 1.00 bits per heavy atom. The van der Waals surface area contributed by atoms with Crippen molar-refractivity contribution in [2.75, 3.05) is 20.3 Å². The summed E-state index contributed by atoms with van der Waals surface area (Å²) in [4.78, 5) is 0. The molecular formula is C15H22O2. The van der Waals surface area contributed by atoms with E-state index < -0.39 is 0 Å². The van der Waals surface area contributed by atoms with E-state index in [4.69, 9.17) is 9.47 Å². The van der Waals surface area contributed by atoms with Crippen molar-refractivity contribution < 1.29 is 9.47 Å². The van der Waals surface area contributed by atoms with E-state index in [1.807, 2.05) is 30.3 Å². The zero-order chi connectivity index (χ0) is 12.3. The lowest BCUT2D eigenvalue weighted by molar-refractivity contribution is 0.191. The third-order valence-electron chi connectivity index (χ3n) is 2.63. The molecule has 2 nitrogen and oxygen atoms in total. The van der Waals surface area contributed by atoms with Crippen LogP contribution in [0.3, 0.4) is 0 Å². The van der Waals surface area contributed by atoms with Crippen molar-refractivity contribution in [2.24, 2.45) is 0 Å². The predicted octanol–water partition coefficient (Wildman–Crippen LogP) is 3.92. The average Bonchev–Trinajstić information content (AvgIpc) is 2.38. The van der Waals surface area contributed by atoms with Gasteiger partial charge in [0.15, 0.2) is 0 Å². The van der Waals surface area contributed by atoms with Crippen molar-refractivity contribution in [3.8, 4) is 5.75 Å². The number of ether oxygens (including phenoxy) is 2. The minimum absolute atomic E-state index is 0.792. The van der Waals surface area contributed by atoms with Gasteiger partial charge in [0.1, 0.15) is 5.75 Å². The molecule has 0 atom stereocenters. The van der Waals surface area contributed by atoms with E-state index in [9.17, 15) is 0 Å². The number of methoxy groups -OCH3 is 1. The molecule has 0 aliphatic carbocycles. The van der Waals surface area contributed by atoms with Crippen LogP contribution in [0.5, 0.6) is 5.75 Å². The Hall–Kier alpha value is -1.28. The van der Waals surface area contributed by atoms with Crippen LogP contribution in [0, 0.1) is 0 Å². The molecule has 0 bridgehead atoms.